The average molecular weight is 987 g/mol. The zero-order valence-corrected chi connectivity index (χ0v) is 43.6. The maximum absolute atomic E-state index is 7.28. The number of rotatable bonds is 8. The molecular formula is C74H54N2O. The molecule has 3 nitrogen and oxygen atoms in total. The second-order valence-corrected chi connectivity index (χ2v) is 22.0. The first kappa shape index (κ1) is 45.0. The van der Waals surface area contributed by atoms with Crippen LogP contribution in [0.2, 0.25) is 0 Å². The van der Waals surface area contributed by atoms with Crippen LogP contribution in [-0.4, -0.2) is 0 Å². The Labute approximate surface area is 449 Å². The van der Waals surface area contributed by atoms with Crippen LogP contribution in [0.1, 0.15) is 49.9 Å². The van der Waals surface area contributed by atoms with Crippen LogP contribution in [-0.2, 0) is 10.8 Å². The highest BCUT2D eigenvalue weighted by molar-refractivity contribution is 6.26. The van der Waals surface area contributed by atoms with Crippen LogP contribution in [0, 0.1) is 0 Å². The number of fused-ring (bicyclic) bond motifs is 7. The second kappa shape index (κ2) is 17.0. The minimum atomic E-state index is -0.163. The highest BCUT2D eigenvalue weighted by Crippen LogP contribution is 2.54. The molecule has 3 heteroatoms. The highest BCUT2D eigenvalue weighted by Gasteiger charge is 2.37. The molecule has 2 aliphatic carbocycles. The first-order chi connectivity index (χ1) is 37.7. The lowest BCUT2D eigenvalue weighted by Gasteiger charge is -2.29. The predicted octanol–water partition coefficient (Wildman–Crippen LogP) is 20.8. The van der Waals surface area contributed by atoms with E-state index in [2.05, 4.69) is 292 Å². The summed E-state index contributed by atoms with van der Waals surface area (Å²) in [6.45, 7) is 9.44. The van der Waals surface area contributed by atoms with Gasteiger partial charge in [0.25, 0.3) is 0 Å². The Morgan fingerprint density at radius 2 is 0.623 bits per heavy atom. The van der Waals surface area contributed by atoms with Gasteiger partial charge in [0.15, 0.2) is 0 Å². The van der Waals surface area contributed by atoms with Gasteiger partial charge in [0, 0.05) is 55.1 Å². The molecular weight excluding hydrogens is 933 g/mol. The topological polar surface area (TPSA) is 19.6 Å². The lowest BCUT2D eigenvalue weighted by atomic mass is 9.82. The van der Waals surface area contributed by atoms with Gasteiger partial charge in [-0.1, -0.05) is 210 Å². The zero-order valence-electron chi connectivity index (χ0n) is 43.6. The van der Waals surface area contributed by atoms with Crippen LogP contribution in [0.15, 0.2) is 259 Å². The predicted molar refractivity (Wildman–Crippen MR) is 324 cm³/mol. The lowest BCUT2D eigenvalue weighted by Crippen LogP contribution is -2.16. The maximum atomic E-state index is 7.28. The van der Waals surface area contributed by atoms with E-state index in [1.807, 2.05) is 0 Å². The van der Waals surface area contributed by atoms with Gasteiger partial charge >= 0.3 is 0 Å². The van der Waals surface area contributed by atoms with Crippen molar-refractivity contribution in [1.29, 1.82) is 0 Å². The summed E-state index contributed by atoms with van der Waals surface area (Å²) in [7, 11) is 0. The van der Waals surface area contributed by atoms with Gasteiger partial charge in [-0.25, -0.2) is 0 Å². The molecule has 1 heterocycles. The van der Waals surface area contributed by atoms with Crippen molar-refractivity contribution in [2.45, 2.75) is 38.5 Å². The Kier molecular flexibility index (Phi) is 9.96. The van der Waals surface area contributed by atoms with Crippen LogP contribution in [0.4, 0.5) is 34.1 Å². The van der Waals surface area contributed by atoms with Crippen molar-refractivity contribution in [2.24, 2.45) is 0 Å². The van der Waals surface area contributed by atoms with E-state index < -0.39 is 0 Å². The Bertz CT molecular complexity index is 4200. The van der Waals surface area contributed by atoms with Crippen LogP contribution in [0.5, 0.6) is 0 Å². The summed E-state index contributed by atoms with van der Waals surface area (Å²) in [5, 5.41) is 6.68. The first-order valence-electron chi connectivity index (χ1n) is 26.9. The quantitative estimate of drug-likeness (QED) is 0.151. The molecule has 0 amide bonds. The molecule has 0 saturated carbocycles. The molecule has 366 valence electrons. The summed E-state index contributed by atoms with van der Waals surface area (Å²) in [6, 6.07) is 93.8. The molecule has 13 aromatic rings. The zero-order chi connectivity index (χ0) is 51.6. The monoisotopic (exact) mass is 986 g/mol. The average Bonchev–Trinajstić information content (AvgIpc) is 3.92. The van der Waals surface area contributed by atoms with Crippen molar-refractivity contribution >= 4 is 77.6 Å². The van der Waals surface area contributed by atoms with Crippen molar-refractivity contribution < 1.29 is 4.42 Å². The summed E-state index contributed by atoms with van der Waals surface area (Å²) < 4.78 is 7.28. The number of hydrogen-bond donors (Lipinski definition) is 0. The fraction of sp³-hybridized carbons (Fsp3) is 0.0811. The fourth-order valence-corrected chi connectivity index (χ4v) is 13.2. The fourth-order valence-electron chi connectivity index (χ4n) is 13.2. The molecule has 12 aromatic carbocycles. The van der Waals surface area contributed by atoms with Crippen LogP contribution >= 0.6 is 0 Å². The van der Waals surface area contributed by atoms with Gasteiger partial charge in [-0.3, -0.25) is 0 Å². The first-order valence-corrected chi connectivity index (χ1v) is 26.9. The van der Waals surface area contributed by atoms with Crippen LogP contribution in [0.25, 0.3) is 88.0 Å². The van der Waals surface area contributed by atoms with Crippen molar-refractivity contribution in [1.82, 2.24) is 0 Å². The minimum Gasteiger partial charge on any atom is -0.456 e. The van der Waals surface area contributed by atoms with E-state index in [9.17, 15) is 0 Å². The Hall–Kier alpha value is -9.44. The molecule has 1 aromatic heterocycles. The van der Waals surface area contributed by atoms with Gasteiger partial charge in [-0.15, -0.1) is 0 Å². The molecule has 77 heavy (non-hydrogen) atoms. The van der Waals surface area contributed by atoms with Gasteiger partial charge in [0.1, 0.15) is 11.2 Å². The molecule has 0 saturated heterocycles. The van der Waals surface area contributed by atoms with Gasteiger partial charge in [0.05, 0.1) is 11.4 Å². The van der Waals surface area contributed by atoms with E-state index in [1.165, 1.54) is 66.8 Å². The maximum Gasteiger partial charge on any atom is 0.136 e. The largest absolute Gasteiger partial charge is 0.456 e. The number of benzene rings is 12. The SMILES string of the molecule is CC1(C)c2ccccc2-c2ccc(N(c3ccc(-c4ccccc4)cc3)c3ccc4oc5ccc(N(c6ccc(-c7ccccc7)cc6)c6ccc7c(c6)C(C)(C)c6ccccc6-7)c6cccc(c7cccc3c47)c56)cc21. The van der Waals surface area contributed by atoms with Crippen molar-refractivity contribution in [3.63, 3.8) is 0 Å². The van der Waals surface area contributed by atoms with Gasteiger partial charge in [0.2, 0.25) is 0 Å². The van der Waals surface area contributed by atoms with Crippen molar-refractivity contribution in [3.05, 3.63) is 277 Å². The summed E-state index contributed by atoms with van der Waals surface area (Å²) in [4.78, 5) is 4.90. The van der Waals surface area contributed by atoms with Crippen LogP contribution < -0.4 is 9.80 Å². The minimum absolute atomic E-state index is 0.163. The van der Waals surface area contributed by atoms with Crippen LogP contribution in [0.3, 0.4) is 0 Å². The lowest BCUT2D eigenvalue weighted by molar-refractivity contribution is 0.660. The van der Waals surface area contributed by atoms with E-state index in [0.29, 0.717) is 0 Å². The number of anilines is 6. The Morgan fingerprint density at radius 1 is 0.273 bits per heavy atom. The van der Waals surface area contributed by atoms with E-state index in [0.717, 1.165) is 77.6 Å². The molecule has 2 aliphatic rings. The number of hydrogen-bond acceptors (Lipinski definition) is 3. The summed E-state index contributed by atoms with van der Waals surface area (Å²) in [5.74, 6) is 0. The van der Waals surface area contributed by atoms with E-state index >= 15 is 0 Å². The van der Waals surface area contributed by atoms with Gasteiger partial charge in [-0.05, 0) is 150 Å². The second-order valence-electron chi connectivity index (χ2n) is 22.0. The van der Waals surface area contributed by atoms with E-state index in [4.69, 9.17) is 4.42 Å². The summed E-state index contributed by atoms with van der Waals surface area (Å²) in [6.07, 6.45) is 0. The van der Waals surface area contributed by atoms with E-state index in [1.54, 1.807) is 0 Å². The highest BCUT2D eigenvalue weighted by atomic mass is 16.3. The Morgan fingerprint density at radius 3 is 1.05 bits per heavy atom. The van der Waals surface area contributed by atoms with Crippen molar-refractivity contribution in [2.75, 3.05) is 9.80 Å². The molecule has 0 aliphatic heterocycles. The molecule has 0 radical (unpaired) electrons. The molecule has 0 fully saturated rings. The molecule has 0 bridgehead atoms. The standard InChI is InChI=1S/C74H54N2O/c1-73(2)63-27-13-11-21-55(63)57-39-37-53(45-65(57)73)75(51-33-29-49(30-34-51)47-17-7-5-8-18-47)67-41-43-69-71-59(23-15-25-61(67)71)60-24-16-26-62-68(42-44-70(77-69)72(60)62)76(52-35-31-50(32-36-52)48-19-9-6-10-20-48)54-38-40-58-56-22-12-14-28-64(56)74(3,4)66(58)46-54/h5-46H,1-4H3. The molecule has 0 spiro atoms. The Balaban J connectivity index is 0.932. The molecule has 0 atom stereocenters. The third-order valence-corrected chi connectivity index (χ3v) is 17.1. The third kappa shape index (κ3) is 6.90. The summed E-state index contributed by atoms with van der Waals surface area (Å²) >= 11 is 0. The van der Waals surface area contributed by atoms with Gasteiger partial charge in [-0.2, -0.15) is 0 Å². The smallest absolute Gasteiger partial charge is 0.136 e. The summed E-state index contributed by atoms with van der Waals surface area (Å²) in [5.41, 5.74) is 23.3. The van der Waals surface area contributed by atoms with E-state index in [-0.39, 0.29) is 10.8 Å². The third-order valence-electron chi connectivity index (χ3n) is 17.1. The molecule has 0 unspecified atom stereocenters. The normalized spacial score (nSPS) is 13.7. The number of nitrogens with zero attached hydrogens (tertiary/aromatic N) is 2. The van der Waals surface area contributed by atoms with Gasteiger partial charge < -0.3 is 14.2 Å². The molecule has 0 N–H and O–H groups in total. The van der Waals surface area contributed by atoms with Crippen molar-refractivity contribution in [3.8, 4) is 44.5 Å². The molecule has 15 rings (SSSR count).